The zero-order valence-electron chi connectivity index (χ0n) is 17.3. The van der Waals surface area contributed by atoms with Crippen molar-refractivity contribution in [2.24, 2.45) is 4.99 Å². The summed E-state index contributed by atoms with van der Waals surface area (Å²) in [6.07, 6.45) is 2.48. The normalized spacial score (nSPS) is 18.2. The summed E-state index contributed by atoms with van der Waals surface area (Å²) in [6.45, 7) is 5.08. The average Bonchev–Trinajstić information content (AvgIpc) is 3.18. The summed E-state index contributed by atoms with van der Waals surface area (Å²) in [7, 11) is 0. The second kappa shape index (κ2) is 10.3. The quantitative estimate of drug-likeness (QED) is 0.709. The number of amidine groups is 1. The molecule has 0 radical (unpaired) electrons. The molecule has 1 N–H and O–H groups in total. The molecule has 0 bridgehead atoms. The van der Waals surface area contributed by atoms with Gasteiger partial charge < -0.3 is 14.5 Å². The molecule has 2 aromatic carbocycles. The summed E-state index contributed by atoms with van der Waals surface area (Å²) in [4.78, 5) is 20.9. The fourth-order valence-corrected chi connectivity index (χ4v) is 4.55. The molecule has 2 aromatic rings. The van der Waals surface area contributed by atoms with Gasteiger partial charge in [0.1, 0.15) is 12.4 Å². The van der Waals surface area contributed by atoms with Crippen LogP contribution in [0.5, 0.6) is 5.75 Å². The smallest absolute Gasteiger partial charge is 0.286 e. The van der Waals surface area contributed by atoms with E-state index in [0.717, 1.165) is 54.8 Å². The number of nitrogens with zero attached hydrogens (tertiary/aromatic N) is 3. The number of carbonyl (C=O) groups is 1. The van der Waals surface area contributed by atoms with Crippen LogP contribution in [0.3, 0.4) is 0 Å². The highest BCUT2D eigenvalue weighted by molar-refractivity contribution is 8.18. The Labute approximate surface area is 186 Å². The Morgan fingerprint density at radius 3 is 2.58 bits per heavy atom. The molecule has 0 saturated carbocycles. The highest BCUT2D eigenvalue weighted by Gasteiger charge is 2.29. The molecule has 1 saturated heterocycles. The van der Waals surface area contributed by atoms with E-state index in [-0.39, 0.29) is 5.91 Å². The number of benzene rings is 2. The summed E-state index contributed by atoms with van der Waals surface area (Å²) in [5.41, 5.74) is 2.07. The average molecular weight is 434 g/mol. The van der Waals surface area contributed by atoms with Gasteiger partial charge in [-0.25, -0.2) is 0 Å². The van der Waals surface area contributed by atoms with Gasteiger partial charge in [-0.1, -0.05) is 42.5 Å². The van der Waals surface area contributed by atoms with Gasteiger partial charge in [-0.05, 0) is 41.1 Å². The lowest BCUT2D eigenvalue weighted by molar-refractivity contribution is -0.903. The van der Waals surface area contributed by atoms with Crippen molar-refractivity contribution >= 4 is 28.9 Å². The fraction of sp³-hybridized carbons (Fsp3) is 0.292. The van der Waals surface area contributed by atoms with E-state index in [1.54, 1.807) is 0 Å². The summed E-state index contributed by atoms with van der Waals surface area (Å²) in [5.74, 6) is 0.619. The number of amides is 1. The molecule has 158 valence electrons. The Kier molecular flexibility index (Phi) is 7.03. The minimum absolute atomic E-state index is 0.177. The van der Waals surface area contributed by atoms with Crippen LogP contribution < -0.4 is 9.64 Å². The Hall–Kier alpha value is -3.08. The highest BCUT2D eigenvalue weighted by atomic mass is 32.2. The highest BCUT2D eigenvalue weighted by Crippen LogP contribution is 2.30. The molecule has 2 heterocycles. The molecule has 0 aromatic heterocycles. The molecule has 0 spiro atoms. The third-order valence-corrected chi connectivity index (χ3v) is 6.41. The molecular formula is C24H25N4O2S+. The molecule has 0 atom stereocenters. The van der Waals surface area contributed by atoms with Crippen molar-refractivity contribution < 1.29 is 14.4 Å². The van der Waals surface area contributed by atoms with Gasteiger partial charge in [0, 0.05) is 0 Å². The standard InChI is InChI=1S/C24H24N4O2S/c25-11-4-12-27-13-15-28(16-14-27)24-26-23(29)22(31-24)17-19-7-9-21(10-8-19)30-18-20-5-2-1-3-6-20/h1-3,5-10,17H,4,12-16,18H2/p+1/b22-17-. The zero-order valence-corrected chi connectivity index (χ0v) is 18.1. The van der Waals surface area contributed by atoms with Crippen molar-refractivity contribution in [1.29, 1.82) is 5.26 Å². The molecule has 2 aliphatic rings. The predicted molar refractivity (Wildman–Crippen MR) is 123 cm³/mol. The second-order valence-electron chi connectivity index (χ2n) is 7.55. The number of quaternary nitrogens is 1. The molecule has 7 heteroatoms. The first-order valence-electron chi connectivity index (χ1n) is 10.5. The number of ether oxygens (including phenoxy) is 1. The van der Waals surface area contributed by atoms with Crippen LogP contribution in [0.2, 0.25) is 0 Å². The zero-order chi connectivity index (χ0) is 21.5. The van der Waals surface area contributed by atoms with Gasteiger partial charge in [-0.2, -0.15) is 10.3 Å². The molecule has 31 heavy (non-hydrogen) atoms. The van der Waals surface area contributed by atoms with Crippen LogP contribution in [0, 0.1) is 11.3 Å². The topological polar surface area (TPSA) is 70.1 Å². The van der Waals surface area contributed by atoms with Crippen molar-refractivity contribution in [2.75, 3.05) is 32.7 Å². The first-order valence-corrected chi connectivity index (χ1v) is 11.3. The number of nitriles is 1. The first kappa shape index (κ1) is 21.2. The van der Waals surface area contributed by atoms with Crippen molar-refractivity contribution in [3.8, 4) is 11.8 Å². The van der Waals surface area contributed by atoms with E-state index < -0.39 is 0 Å². The molecule has 2 aliphatic heterocycles. The lowest BCUT2D eigenvalue weighted by Gasteiger charge is -2.32. The maximum absolute atomic E-state index is 12.4. The van der Waals surface area contributed by atoms with Crippen molar-refractivity contribution in [1.82, 2.24) is 4.90 Å². The van der Waals surface area contributed by atoms with Crippen LogP contribution in [0.1, 0.15) is 17.5 Å². The summed E-state index contributed by atoms with van der Waals surface area (Å²) >= 11 is 1.45. The number of hydrogen-bond donors (Lipinski definition) is 1. The van der Waals surface area contributed by atoms with E-state index in [1.807, 2.05) is 60.7 Å². The number of nitrogens with one attached hydrogen (secondary N) is 1. The van der Waals surface area contributed by atoms with E-state index in [0.29, 0.717) is 17.9 Å². The number of aliphatic imine (C=N–C) groups is 1. The molecule has 6 nitrogen and oxygen atoms in total. The van der Waals surface area contributed by atoms with Crippen molar-refractivity contribution in [3.05, 3.63) is 70.6 Å². The maximum Gasteiger partial charge on any atom is 0.286 e. The number of thioether (sulfide) groups is 1. The van der Waals surface area contributed by atoms with Crippen molar-refractivity contribution in [3.63, 3.8) is 0 Å². The molecule has 1 amide bonds. The molecular weight excluding hydrogens is 408 g/mol. The largest absolute Gasteiger partial charge is 0.489 e. The van der Waals surface area contributed by atoms with E-state index in [9.17, 15) is 4.79 Å². The van der Waals surface area contributed by atoms with Gasteiger partial charge in [-0.15, -0.1) is 0 Å². The Morgan fingerprint density at radius 1 is 1.13 bits per heavy atom. The van der Waals surface area contributed by atoms with Gasteiger partial charge >= 0.3 is 0 Å². The van der Waals surface area contributed by atoms with E-state index in [1.165, 1.54) is 16.7 Å². The number of carbonyl (C=O) groups excluding carboxylic acids is 1. The van der Waals surface area contributed by atoms with Crippen LogP contribution >= 0.6 is 11.8 Å². The van der Waals surface area contributed by atoms with Crippen LogP contribution in [0.25, 0.3) is 6.08 Å². The van der Waals surface area contributed by atoms with E-state index >= 15 is 0 Å². The van der Waals surface area contributed by atoms with Crippen molar-refractivity contribution in [2.45, 2.75) is 13.0 Å². The van der Waals surface area contributed by atoms with Gasteiger partial charge in [0.25, 0.3) is 5.91 Å². The minimum atomic E-state index is -0.177. The monoisotopic (exact) mass is 433 g/mol. The molecule has 4 rings (SSSR count). The first-order chi connectivity index (χ1) is 15.2. The van der Waals surface area contributed by atoms with E-state index in [2.05, 4.69) is 16.0 Å². The Bertz CT molecular complexity index is 1000. The third kappa shape index (κ3) is 5.75. The lowest BCUT2D eigenvalue weighted by Crippen LogP contribution is -3.14. The van der Waals surface area contributed by atoms with Crippen LogP contribution in [-0.2, 0) is 11.4 Å². The second-order valence-corrected chi connectivity index (χ2v) is 8.56. The van der Waals surface area contributed by atoms with Gasteiger partial charge in [0.05, 0.1) is 50.1 Å². The summed E-state index contributed by atoms with van der Waals surface area (Å²) in [5, 5.41) is 9.53. The molecule has 1 fully saturated rings. The third-order valence-electron chi connectivity index (χ3n) is 5.37. The summed E-state index contributed by atoms with van der Waals surface area (Å²) < 4.78 is 5.83. The van der Waals surface area contributed by atoms with Crippen LogP contribution in [0.15, 0.2) is 64.5 Å². The Balaban J connectivity index is 1.31. The van der Waals surface area contributed by atoms with Crippen LogP contribution in [-0.4, -0.2) is 48.7 Å². The molecule has 0 unspecified atom stereocenters. The SMILES string of the molecule is N#CCC[NH+]1CCN(C2=NC(=O)/C(=C/c3ccc(OCc4ccccc4)cc3)S2)CC1. The van der Waals surface area contributed by atoms with Crippen LogP contribution in [0.4, 0.5) is 0 Å². The minimum Gasteiger partial charge on any atom is -0.489 e. The molecule has 0 aliphatic carbocycles. The van der Waals surface area contributed by atoms with Gasteiger partial charge in [0.15, 0.2) is 5.17 Å². The fourth-order valence-electron chi connectivity index (χ4n) is 3.58. The predicted octanol–water partition coefficient (Wildman–Crippen LogP) is 2.35. The van der Waals surface area contributed by atoms with Gasteiger partial charge in [-0.3, -0.25) is 4.79 Å². The Morgan fingerprint density at radius 2 is 1.87 bits per heavy atom. The van der Waals surface area contributed by atoms with E-state index in [4.69, 9.17) is 10.00 Å². The summed E-state index contributed by atoms with van der Waals surface area (Å²) in [6, 6.07) is 20.0. The maximum atomic E-state index is 12.4. The lowest BCUT2D eigenvalue weighted by atomic mass is 10.2. The van der Waals surface area contributed by atoms with Gasteiger partial charge in [0.2, 0.25) is 0 Å². The number of rotatable bonds is 6. The number of piperazine rings is 1. The number of hydrogen-bond acceptors (Lipinski definition) is 5.